The standard InChI is InChI=1S/C9H10BrNO4/c1-9(11(13)14)5-3-2-4-7(9)6-15-8(10)12/h2-5,7H,6H2,1H3. The second kappa shape index (κ2) is 4.57. The molecule has 0 heterocycles. The van der Waals surface area contributed by atoms with Crippen LogP contribution in [0.4, 0.5) is 4.79 Å². The number of allylic oxidation sites excluding steroid dienone is 2. The smallest absolute Gasteiger partial charge is 0.374 e. The maximum atomic E-state index is 10.9. The second-order valence-electron chi connectivity index (χ2n) is 3.38. The molecule has 5 nitrogen and oxygen atoms in total. The van der Waals surface area contributed by atoms with Gasteiger partial charge in [-0.2, -0.15) is 0 Å². The molecule has 0 saturated heterocycles. The first-order valence-corrected chi connectivity index (χ1v) is 5.09. The van der Waals surface area contributed by atoms with E-state index in [9.17, 15) is 14.9 Å². The molecule has 0 aromatic rings. The van der Waals surface area contributed by atoms with E-state index in [4.69, 9.17) is 4.74 Å². The predicted octanol–water partition coefficient (Wildman–Crippen LogP) is 2.30. The Kier molecular flexibility index (Phi) is 3.62. The maximum Gasteiger partial charge on any atom is 0.374 e. The summed E-state index contributed by atoms with van der Waals surface area (Å²) in [6.07, 6.45) is 6.49. The van der Waals surface area contributed by atoms with E-state index in [0.29, 0.717) is 0 Å². The van der Waals surface area contributed by atoms with Gasteiger partial charge < -0.3 is 4.74 Å². The van der Waals surface area contributed by atoms with Crippen LogP contribution in [-0.2, 0) is 4.74 Å². The van der Waals surface area contributed by atoms with E-state index in [1.807, 2.05) is 0 Å². The van der Waals surface area contributed by atoms with E-state index in [2.05, 4.69) is 15.9 Å². The van der Waals surface area contributed by atoms with E-state index in [1.54, 1.807) is 18.2 Å². The number of nitrogens with zero attached hydrogens (tertiary/aromatic N) is 1. The molecular weight excluding hydrogens is 266 g/mol. The minimum atomic E-state index is -1.21. The zero-order valence-electron chi connectivity index (χ0n) is 8.05. The number of rotatable bonds is 3. The summed E-state index contributed by atoms with van der Waals surface area (Å²) in [4.78, 5) is 20.5. The Balaban J connectivity index is 2.77. The van der Waals surface area contributed by atoms with E-state index in [1.165, 1.54) is 13.0 Å². The molecule has 0 spiro atoms. The number of hydrogen-bond acceptors (Lipinski definition) is 4. The van der Waals surface area contributed by atoms with Gasteiger partial charge in [-0.3, -0.25) is 10.1 Å². The van der Waals surface area contributed by atoms with Crippen molar-refractivity contribution in [1.82, 2.24) is 0 Å². The van der Waals surface area contributed by atoms with Crippen molar-refractivity contribution in [2.75, 3.05) is 6.61 Å². The van der Waals surface area contributed by atoms with Crippen molar-refractivity contribution in [1.29, 1.82) is 0 Å². The van der Waals surface area contributed by atoms with Gasteiger partial charge in [-0.15, -0.1) is 0 Å². The molecule has 0 aliphatic heterocycles. The van der Waals surface area contributed by atoms with Gasteiger partial charge in [0.2, 0.25) is 5.54 Å². The first-order valence-electron chi connectivity index (χ1n) is 4.29. The van der Waals surface area contributed by atoms with E-state index < -0.39 is 16.3 Å². The minimum absolute atomic E-state index is 0.0115. The van der Waals surface area contributed by atoms with Gasteiger partial charge in [0.15, 0.2) is 0 Å². The Labute approximate surface area is 95.1 Å². The summed E-state index contributed by atoms with van der Waals surface area (Å²) in [6, 6.07) is 0. The summed E-state index contributed by atoms with van der Waals surface area (Å²) in [5.41, 5.74) is -1.21. The summed E-state index contributed by atoms with van der Waals surface area (Å²) in [7, 11) is 0. The van der Waals surface area contributed by atoms with Crippen LogP contribution in [0.3, 0.4) is 0 Å². The Morgan fingerprint density at radius 1 is 1.67 bits per heavy atom. The fraction of sp³-hybridized carbons (Fsp3) is 0.444. The highest BCUT2D eigenvalue weighted by atomic mass is 79.9. The third-order valence-electron chi connectivity index (χ3n) is 2.41. The molecule has 6 heteroatoms. The van der Waals surface area contributed by atoms with Crippen LogP contribution in [0.15, 0.2) is 24.3 Å². The summed E-state index contributed by atoms with van der Waals surface area (Å²) < 4.78 is 4.72. The number of halogens is 1. The van der Waals surface area contributed by atoms with Crippen molar-refractivity contribution < 1.29 is 14.5 Å². The van der Waals surface area contributed by atoms with Crippen molar-refractivity contribution in [3.63, 3.8) is 0 Å². The molecule has 2 atom stereocenters. The number of nitro groups is 1. The molecule has 0 bridgehead atoms. The lowest BCUT2D eigenvalue weighted by Crippen LogP contribution is -2.43. The summed E-state index contributed by atoms with van der Waals surface area (Å²) in [5, 5.41) is 10.9. The van der Waals surface area contributed by atoms with Gasteiger partial charge in [-0.05, 0) is 6.08 Å². The third kappa shape index (κ3) is 2.65. The van der Waals surface area contributed by atoms with Crippen molar-refractivity contribution in [2.24, 2.45) is 5.92 Å². The molecule has 15 heavy (non-hydrogen) atoms. The first kappa shape index (κ1) is 11.9. The van der Waals surface area contributed by atoms with Crippen LogP contribution in [-0.4, -0.2) is 21.9 Å². The predicted molar refractivity (Wildman–Crippen MR) is 57.4 cm³/mol. The van der Waals surface area contributed by atoms with Crippen LogP contribution in [0.2, 0.25) is 0 Å². The maximum absolute atomic E-state index is 10.9. The number of carbonyl (C=O) groups is 1. The molecule has 82 valence electrons. The monoisotopic (exact) mass is 275 g/mol. The largest absolute Gasteiger partial charge is 0.456 e. The molecule has 1 rings (SSSR count). The highest BCUT2D eigenvalue weighted by molar-refractivity contribution is 9.18. The highest BCUT2D eigenvalue weighted by Crippen LogP contribution is 2.27. The number of hydrogen-bond donors (Lipinski definition) is 0. The number of carbonyl (C=O) groups excluding carboxylic acids is 1. The summed E-state index contributed by atoms with van der Waals surface area (Å²) in [5.74, 6) is -0.445. The van der Waals surface area contributed by atoms with E-state index in [-0.39, 0.29) is 11.5 Å². The van der Waals surface area contributed by atoms with E-state index >= 15 is 0 Å². The van der Waals surface area contributed by atoms with Gasteiger partial charge in [-0.1, -0.05) is 18.2 Å². The fourth-order valence-corrected chi connectivity index (χ4v) is 1.48. The van der Waals surface area contributed by atoms with Crippen LogP contribution < -0.4 is 0 Å². The zero-order chi connectivity index (χ0) is 11.5. The highest BCUT2D eigenvalue weighted by Gasteiger charge is 2.43. The van der Waals surface area contributed by atoms with Crippen molar-refractivity contribution >= 4 is 20.8 Å². The number of ether oxygens (including phenoxy) is 1. The molecule has 1 aliphatic rings. The van der Waals surface area contributed by atoms with Gasteiger partial charge >= 0.3 is 4.88 Å². The fourth-order valence-electron chi connectivity index (χ4n) is 1.34. The van der Waals surface area contributed by atoms with Gasteiger partial charge in [0, 0.05) is 27.8 Å². The molecule has 2 unspecified atom stereocenters. The Morgan fingerprint density at radius 3 is 2.87 bits per heavy atom. The van der Waals surface area contributed by atoms with Crippen LogP contribution in [0.25, 0.3) is 0 Å². The Bertz CT molecular complexity index is 339. The van der Waals surface area contributed by atoms with Crippen LogP contribution in [0.5, 0.6) is 0 Å². The molecule has 0 radical (unpaired) electrons. The lowest BCUT2D eigenvalue weighted by Gasteiger charge is -2.26. The van der Waals surface area contributed by atoms with Gasteiger partial charge in [0.05, 0.1) is 5.92 Å². The van der Waals surface area contributed by atoms with Crippen molar-refractivity contribution in [3.05, 3.63) is 34.4 Å². The van der Waals surface area contributed by atoms with Gasteiger partial charge in [0.25, 0.3) is 0 Å². The molecule has 0 aromatic carbocycles. The normalized spacial score (nSPS) is 28.8. The van der Waals surface area contributed by atoms with Gasteiger partial charge in [-0.25, -0.2) is 4.79 Å². The summed E-state index contributed by atoms with van der Waals surface area (Å²) in [6.45, 7) is 1.49. The van der Waals surface area contributed by atoms with Crippen LogP contribution in [0, 0.1) is 16.0 Å². The Hall–Kier alpha value is -1.17. The molecular formula is C9H10BrNO4. The molecule has 0 saturated carbocycles. The van der Waals surface area contributed by atoms with E-state index in [0.717, 1.165) is 0 Å². The van der Waals surface area contributed by atoms with Crippen molar-refractivity contribution in [3.8, 4) is 0 Å². The lowest BCUT2D eigenvalue weighted by atomic mass is 9.83. The molecule has 0 amide bonds. The third-order valence-corrected chi connectivity index (χ3v) is 2.64. The molecule has 1 aliphatic carbocycles. The van der Waals surface area contributed by atoms with Crippen LogP contribution in [0.1, 0.15) is 6.92 Å². The average Bonchev–Trinajstić information content (AvgIpc) is 2.16. The molecule has 0 aromatic heterocycles. The second-order valence-corrected chi connectivity index (χ2v) is 4.03. The van der Waals surface area contributed by atoms with Gasteiger partial charge in [0.1, 0.15) is 6.61 Å². The molecule has 0 fully saturated rings. The SMILES string of the molecule is CC1([N+](=O)[O-])C=CC=CC1COC(=O)Br. The van der Waals surface area contributed by atoms with Crippen LogP contribution >= 0.6 is 15.9 Å². The quantitative estimate of drug-likeness (QED) is 0.450. The lowest BCUT2D eigenvalue weighted by molar-refractivity contribution is -0.559. The van der Waals surface area contributed by atoms with Crippen molar-refractivity contribution in [2.45, 2.75) is 12.5 Å². The Morgan fingerprint density at radius 2 is 2.33 bits per heavy atom. The topological polar surface area (TPSA) is 69.4 Å². The zero-order valence-corrected chi connectivity index (χ0v) is 9.64. The summed E-state index contributed by atoms with van der Waals surface area (Å²) >= 11 is 2.60. The average molecular weight is 276 g/mol. The molecule has 0 N–H and O–H groups in total. The first-order chi connectivity index (χ1) is 6.97. The minimum Gasteiger partial charge on any atom is -0.456 e.